The zero-order valence-electron chi connectivity index (χ0n) is 19.2. The van der Waals surface area contributed by atoms with Crippen molar-refractivity contribution in [1.82, 2.24) is 14.8 Å². The minimum Gasteiger partial charge on any atom is -0.472 e. The van der Waals surface area contributed by atoms with E-state index in [0.717, 1.165) is 27.6 Å². The monoisotopic (exact) mass is 490 g/mol. The molecule has 3 aromatic heterocycles. The van der Waals surface area contributed by atoms with Gasteiger partial charge in [0.05, 0.1) is 23.6 Å². The molecule has 0 unspecified atom stereocenters. The van der Waals surface area contributed by atoms with Gasteiger partial charge in [0.1, 0.15) is 16.5 Å². The third kappa shape index (κ3) is 5.16. The zero-order valence-corrected chi connectivity index (χ0v) is 20.0. The number of carbonyl (C=O) groups excluding carboxylic acids is 1. The van der Waals surface area contributed by atoms with E-state index >= 15 is 0 Å². The Kier molecular flexibility index (Phi) is 5.96. The molecule has 5 aromatic rings. The number of furan rings is 1. The molecule has 0 saturated heterocycles. The van der Waals surface area contributed by atoms with Gasteiger partial charge in [-0.1, -0.05) is 0 Å². The van der Waals surface area contributed by atoms with Crippen LogP contribution in [0.5, 0.6) is 0 Å². The lowest BCUT2D eigenvalue weighted by atomic mass is 10.0. The van der Waals surface area contributed by atoms with Crippen molar-refractivity contribution < 1.29 is 18.7 Å². The van der Waals surface area contributed by atoms with E-state index in [-0.39, 0.29) is 17.4 Å². The zero-order chi connectivity index (χ0) is 24.6. The topological polar surface area (TPSA) is 93.2 Å². The van der Waals surface area contributed by atoms with Gasteiger partial charge in [-0.25, -0.2) is 9.37 Å². The van der Waals surface area contributed by atoms with Gasteiger partial charge in [0.2, 0.25) is 0 Å². The summed E-state index contributed by atoms with van der Waals surface area (Å²) in [5, 5.41) is 20.8. The second-order valence-electron chi connectivity index (χ2n) is 8.92. The molecule has 0 aliphatic heterocycles. The first-order valence-corrected chi connectivity index (χ1v) is 11.9. The van der Waals surface area contributed by atoms with Crippen molar-refractivity contribution in [2.75, 3.05) is 5.32 Å². The number of halogens is 1. The number of rotatable bonds is 7. The molecular weight excluding hydrogens is 467 g/mol. The highest BCUT2D eigenvalue weighted by molar-refractivity contribution is 7.13. The SMILES string of the molecule is CC(C)(O)CCn1cc2cc(NC(=O)c3csc(-c4ccc(F)cc4)n3)c(-c3ccoc3)cc2n1. The summed E-state index contributed by atoms with van der Waals surface area (Å²) < 4.78 is 20.3. The van der Waals surface area contributed by atoms with E-state index in [1.807, 2.05) is 24.4 Å². The molecule has 0 aliphatic rings. The Morgan fingerprint density at radius 3 is 2.71 bits per heavy atom. The average Bonchev–Trinajstić information content (AvgIpc) is 3.57. The van der Waals surface area contributed by atoms with Crippen LogP contribution in [-0.2, 0) is 6.54 Å². The molecular formula is C26H23FN4O3S. The predicted molar refractivity (Wildman–Crippen MR) is 134 cm³/mol. The Labute approximate surface area is 204 Å². The molecule has 35 heavy (non-hydrogen) atoms. The minimum absolute atomic E-state index is 0.272. The molecule has 9 heteroatoms. The molecule has 0 saturated carbocycles. The van der Waals surface area contributed by atoms with Crippen molar-refractivity contribution >= 4 is 33.8 Å². The molecule has 3 heterocycles. The summed E-state index contributed by atoms with van der Waals surface area (Å²) in [6.45, 7) is 4.09. The second-order valence-corrected chi connectivity index (χ2v) is 9.78. The first kappa shape index (κ1) is 22.9. The van der Waals surface area contributed by atoms with Gasteiger partial charge in [-0.05, 0) is 62.7 Å². The van der Waals surface area contributed by atoms with E-state index in [9.17, 15) is 14.3 Å². The smallest absolute Gasteiger partial charge is 0.275 e. The van der Waals surface area contributed by atoms with Crippen LogP contribution in [0.1, 0.15) is 30.8 Å². The van der Waals surface area contributed by atoms with Crippen molar-refractivity contribution in [3.63, 3.8) is 0 Å². The summed E-state index contributed by atoms with van der Waals surface area (Å²) in [7, 11) is 0. The Hall–Kier alpha value is -3.82. The van der Waals surface area contributed by atoms with Crippen LogP contribution in [0.25, 0.3) is 32.6 Å². The first-order chi connectivity index (χ1) is 16.7. The Morgan fingerprint density at radius 1 is 1.20 bits per heavy atom. The quantitative estimate of drug-likeness (QED) is 0.293. The normalized spacial score (nSPS) is 11.8. The number of anilines is 1. The van der Waals surface area contributed by atoms with E-state index in [1.54, 1.807) is 48.6 Å². The fraction of sp³-hybridized carbons (Fsp3) is 0.192. The van der Waals surface area contributed by atoms with E-state index in [4.69, 9.17) is 4.42 Å². The van der Waals surface area contributed by atoms with Crippen molar-refractivity contribution in [3.05, 3.63) is 78.1 Å². The third-order valence-electron chi connectivity index (χ3n) is 5.55. The fourth-order valence-corrected chi connectivity index (χ4v) is 4.48. The van der Waals surface area contributed by atoms with Crippen LogP contribution < -0.4 is 5.32 Å². The van der Waals surface area contributed by atoms with Crippen LogP contribution in [0, 0.1) is 5.82 Å². The predicted octanol–water partition coefficient (Wildman–Crippen LogP) is 5.97. The molecule has 2 aromatic carbocycles. The van der Waals surface area contributed by atoms with Gasteiger partial charge < -0.3 is 14.8 Å². The minimum atomic E-state index is -0.792. The van der Waals surface area contributed by atoms with E-state index in [1.165, 1.54) is 23.5 Å². The molecule has 2 N–H and O–H groups in total. The number of benzene rings is 2. The van der Waals surface area contributed by atoms with Crippen LogP contribution in [0.3, 0.4) is 0 Å². The Morgan fingerprint density at radius 2 is 2.00 bits per heavy atom. The van der Waals surface area contributed by atoms with Crippen LogP contribution in [0.2, 0.25) is 0 Å². The number of amides is 1. The van der Waals surface area contributed by atoms with Crippen LogP contribution in [0.15, 0.2) is 71.0 Å². The number of nitrogens with one attached hydrogen (secondary N) is 1. The molecule has 0 fully saturated rings. The number of thiazole rings is 1. The van der Waals surface area contributed by atoms with Gasteiger partial charge in [0, 0.05) is 45.9 Å². The van der Waals surface area contributed by atoms with E-state index < -0.39 is 5.60 Å². The molecule has 0 radical (unpaired) electrons. The van der Waals surface area contributed by atoms with Crippen molar-refractivity contribution in [1.29, 1.82) is 0 Å². The lowest BCUT2D eigenvalue weighted by Crippen LogP contribution is -2.21. The highest BCUT2D eigenvalue weighted by atomic mass is 32.1. The summed E-state index contributed by atoms with van der Waals surface area (Å²) in [5.41, 5.74) is 3.16. The maximum absolute atomic E-state index is 13.2. The number of fused-ring (bicyclic) bond motifs is 1. The number of aromatic nitrogens is 3. The fourth-order valence-electron chi connectivity index (χ4n) is 3.67. The molecule has 0 atom stereocenters. The number of hydrogen-bond acceptors (Lipinski definition) is 6. The first-order valence-electron chi connectivity index (χ1n) is 11.0. The number of nitrogens with zero attached hydrogens (tertiary/aromatic N) is 3. The lowest BCUT2D eigenvalue weighted by molar-refractivity contribution is 0.0651. The summed E-state index contributed by atoms with van der Waals surface area (Å²) in [4.78, 5) is 17.5. The summed E-state index contributed by atoms with van der Waals surface area (Å²) >= 11 is 1.32. The van der Waals surface area contributed by atoms with Crippen molar-refractivity contribution in [3.8, 4) is 21.7 Å². The van der Waals surface area contributed by atoms with Gasteiger partial charge in [-0.3, -0.25) is 9.48 Å². The highest BCUT2D eigenvalue weighted by Gasteiger charge is 2.18. The van der Waals surface area contributed by atoms with Gasteiger partial charge in [0.15, 0.2) is 0 Å². The third-order valence-corrected chi connectivity index (χ3v) is 6.44. The number of aliphatic hydroxyl groups is 1. The molecule has 1 amide bonds. The maximum Gasteiger partial charge on any atom is 0.275 e. The number of aryl methyl sites for hydroxylation is 1. The Bertz CT molecular complexity index is 1480. The summed E-state index contributed by atoms with van der Waals surface area (Å²) in [5.74, 6) is -0.679. The molecule has 178 valence electrons. The standard InChI is InChI=1S/C26H23FN4O3S/c1-26(2,33)8-9-31-13-18-11-22(20(12-21(18)30-31)17-7-10-34-14-17)28-24(32)23-15-35-25(29-23)16-3-5-19(27)6-4-16/h3-7,10-15,33H,8-9H2,1-2H3,(H,28,32). The lowest BCUT2D eigenvalue weighted by Gasteiger charge is -2.16. The van der Waals surface area contributed by atoms with E-state index in [2.05, 4.69) is 15.4 Å². The van der Waals surface area contributed by atoms with Gasteiger partial charge >= 0.3 is 0 Å². The molecule has 5 rings (SSSR count). The van der Waals surface area contributed by atoms with Crippen molar-refractivity contribution in [2.45, 2.75) is 32.4 Å². The summed E-state index contributed by atoms with van der Waals surface area (Å²) in [6, 6.07) is 11.6. The van der Waals surface area contributed by atoms with Gasteiger partial charge in [0.25, 0.3) is 5.91 Å². The summed E-state index contributed by atoms with van der Waals surface area (Å²) in [6.07, 6.45) is 5.63. The highest BCUT2D eigenvalue weighted by Crippen LogP contribution is 2.33. The van der Waals surface area contributed by atoms with Crippen LogP contribution in [0.4, 0.5) is 10.1 Å². The number of carbonyl (C=O) groups is 1. The molecule has 7 nitrogen and oxygen atoms in total. The van der Waals surface area contributed by atoms with Crippen molar-refractivity contribution in [2.24, 2.45) is 0 Å². The Balaban J connectivity index is 1.45. The van der Waals surface area contributed by atoms with Gasteiger partial charge in [-0.2, -0.15) is 5.10 Å². The maximum atomic E-state index is 13.2. The largest absolute Gasteiger partial charge is 0.472 e. The second kappa shape index (κ2) is 9.09. The average molecular weight is 491 g/mol. The molecule has 0 spiro atoms. The number of hydrogen-bond donors (Lipinski definition) is 2. The molecule has 0 bridgehead atoms. The van der Waals surface area contributed by atoms with Crippen LogP contribution >= 0.6 is 11.3 Å². The van der Waals surface area contributed by atoms with E-state index in [0.29, 0.717) is 23.7 Å². The van der Waals surface area contributed by atoms with Crippen LogP contribution in [-0.4, -0.2) is 31.4 Å². The van der Waals surface area contributed by atoms with Gasteiger partial charge in [-0.15, -0.1) is 11.3 Å². The molecule has 0 aliphatic carbocycles.